The molecule has 5 nitrogen and oxygen atoms in total. The Labute approximate surface area is 192 Å². The summed E-state index contributed by atoms with van der Waals surface area (Å²) in [5.74, 6) is 1.79. The largest absolute Gasteiger partial charge is 0.493 e. The summed E-state index contributed by atoms with van der Waals surface area (Å²) in [5.41, 5.74) is 1.17. The SMILES string of the molecule is COc1ccc2c3c1OC1C4(OC)CCC5(CC4C(C)(O)C(C)(C)C)[C@@H](C2)N(C)CC[C@]315. The summed E-state index contributed by atoms with van der Waals surface area (Å²) in [6.45, 7) is 9.59. The average Bonchev–Trinajstić information content (AvgIpc) is 3.12. The molecule has 4 bridgehead atoms. The normalized spacial score (nSPS) is 43.4. The van der Waals surface area contributed by atoms with E-state index >= 15 is 0 Å². The number of rotatable bonds is 3. The number of likely N-dealkylation sites (tertiary alicyclic amines) is 1. The van der Waals surface area contributed by atoms with Crippen molar-refractivity contribution in [2.45, 2.75) is 88.6 Å². The molecule has 7 rings (SSSR count). The number of fused-ring (bicyclic) bond motifs is 2. The monoisotopic (exact) mass is 441 g/mol. The molecular formula is C27H39NO4. The molecule has 2 spiro atoms. The molecule has 176 valence electrons. The molecule has 0 radical (unpaired) electrons. The number of ether oxygens (including phenoxy) is 3. The Hall–Kier alpha value is -1.30. The molecule has 1 aromatic rings. The topological polar surface area (TPSA) is 51.2 Å². The first-order valence-electron chi connectivity index (χ1n) is 12.3. The highest BCUT2D eigenvalue weighted by atomic mass is 16.6. The summed E-state index contributed by atoms with van der Waals surface area (Å²) >= 11 is 0. The van der Waals surface area contributed by atoms with Gasteiger partial charge in [-0.15, -0.1) is 0 Å². The summed E-state index contributed by atoms with van der Waals surface area (Å²) in [7, 11) is 5.89. The van der Waals surface area contributed by atoms with Gasteiger partial charge in [0.2, 0.25) is 0 Å². The van der Waals surface area contributed by atoms with Crippen molar-refractivity contribution in [2.24, 2.45) is 16.7 Å². The van der Waals surface area contributed by atoms with Gasteiger partial charge in [0.05, 0.1) is 12.7 Å². The van der Waals surface area contributed by atoms with Crippen LogP contribution in [0.5, 0.6) is 11.5 Å². The van der Waals surface area contributed by atoms with E-state index in [4.69, 9.17) is 14.2 Å². The third-order valence-electron chi connectivity index (χ3n) is 11.0. The second kappa shape index (κ2) is 6.03. The first-order valence-corrected chi connectivity index (χ1v) is 12.3. The van der Waals surface area contributed by atoms with Crippen molar-refractivity contribution in [3.8, 4) is 11.5 Å². The maximum Gasteiger partial charge on any atom is 0.165 e. The van der Waals surface area contributed by atoms with E-state index in [0.717, 1.165) is 50.1 Å². The summed E-state index contributed by atoms with van der Waals surface area (Å²) in [6.07, 6.45) is 5.07. The van der Waals surface area contributed by atoms with Crippen molar-refractivity contribution in [3.63, 3.8) is 0 Å². The summed E-state index contributed by atoms with van der Waals surface area (Å²) in [4.78, 5) is 2.60. The van der Waals surface area contributed by atoms with Crippen molar-refractivity contribution in [1.29, 1.82) is 0 Å². The van der Waals surface area contributed by atoms with Crippen LogP contribution in [0.4, 0.5) is 0 Å². The zero-order valence-electron chi connectivity index (χ0n) is 20.7. The van der Waals surface area contributed by atoms with Gasteiger partial charge >= 0.3 is 0 Å². The van der Waals surface area contributed by atoms with Gasteiger partial charge in [-0.3, -0.25) is 0 Å². The maximum atomic E-state index is 12.1. The third kappa shape index (κ3) is 2.01. The number of hydrogen-bond acceptors (Lipinski definition) is 5. The van der Waals surface area contributed by atoms with E-state index in [-0.39, 0.29) is 28.3 Å². The molecule has 4 fully saturated rings. The molecule has 2 heterocycles. The summed E-state index contributed by atoms with van der Waals surface area (Å²) in [5, 5.41) is 12.1. The molecule has 4 aliphatic carbocycles. The number of hydrogen-bond donors (Lipinski definition) is 1. The van der Waals surface area contributed by atoms with Crippen molar-refractivity contribution in [3.05, 3.63) is 23.3 Å². The third-order valence-corrected chi connectivity index (χ3v) is 11.0. The molecule has 6 aliphatic rings. The molecule has 1 saturated heterocycles. The number of piperidine rings is 1. The predicted molar refractivity (Wildman–Crippen MR) is 123 cm³/mol. The van der Waals surface area contributed by atoms with Crippen LogP contribution in [0.3, 0.4) is 0 Å². The molecule has 0 aromatic heterocycles. The van der Waals surface area contributed by atoms with Crippen LogP contribution in [-0.2, 0) is 16.6 Å². The Morgan fingerprint density at radius 1 is 1.12 bits per heavy atom. The number of likely N-dealkylation sites (N-methyl/N-ethyl adjacent to an activating group) is 1. The van der Waals surface area contributed by atoms with Crippen molar-refractivity contribution in [1.82, 2.24) is 4.90 Å². The van der Waals surface area contributed by atoms with E-state index in [1.165, 1.54) is 11.1 Å². The second-order valence-corrected chi connectivity index (χ2v) is 12.5. The Bertz CT molecular complexity index is 983. The molecule has 2 aliphatic heterocycles. The van der Waals surface area contributed by atoms with Gasteiger partial charge in [-0.25, -0.2) is 0 Å². The Morgan fingerprint density at radius 2 is 1.88 bits per heavy atom. The van der Waals surface area contributed by atoms with Crippen LogP contribution in [0, 0.1) is 16.7 Å². The fourth-order valence-corrected chi connectivity index (χ4v) is 9.01. The Morgan fingerprint density at radius 3 is 2.53 bits per heavy atom. The quantitative estimate of drug-likeness (QED) is 0.770. The highest BCUT2D eigenvalue weighted by Crippen LogP contribution is 2.77. The molecule has 32 heavy (non-hydrogen) atoms. The lowest BCUT2D eigenvalue weighted by Crippen LogP contribution is -2.83. The molecule has 1 N–H and O–H groups in total. The van der Waals surface area contributed by atoms with Gasteiger partial charge in [0.25, 0.3) is 0 Å². The molecule has 7 atom stereocenters. The predicted octanol–water partition coefficient (Wildman–Crippen LogP) is 3.94. The number of benzene rings is 1. The van der Waals surface area contributed by atoms with Gasteiger partial charge in [0, 0.05) is 35.5 Å². The minimum Gasteiger partial charge on any atom is -0.493 e. The van der Waals surface area contributed by atoms with E-state index in [0.29, 0.717) is 6.04 Å². The lowest BCUT2D eigenvalue weighted by Gasteiger charge is -2.75. The molecule has 5 unspecified atom stereocenters. The average molecular weight is 442 g/mol. The lowest BCUT2D eigenvalue weighted by atomic mass is 9.33. The smallest absolute Gasteiger partial charge is 0.165 e. The van der Waals surface area contributed by atoms with E-state index in [1.807, 2.05) is 14.0 Å². The van der Waals surface area contributed by atoms with Crippen molar-refractivity contribution < 1.29 is 19.3 Å². The zero-order valence-corrected chi connectivity index (χ0v) is 20.7. The Kier molecular flexibility index (Phi) is 4.00. The van der Waals surface area contributed by atoms with Crippen LogP contribution in [0.15, 0.2) is 12.1 Å². The van der Waals surface area contributed by atoms with Gasteiger partial charge in [0.15, 0.2) is 11.5 Å². The first kappa shape index (κ1) is 21.2. The molecular weight excluding hydrogens is 402 g/mol. The second-order valence-electron chi connectivity index (χ2n) is 12.5. The first-order chi connectivity index (χ1) is 15.0. The maximum absolute atomic E-state index is 12.1. The summed E-state index contributed by atoms with van der Waals surface area (Å²) in [6, 6.07) is 4.82. The van der Waals surface area contributed by atoms with E-state index in [1.54, 1.807) is 7.11 Å². The van der Waals surface area contributed by atoms with Crippen molar-refractivity contribution in [2.75, 3.05) is 27.8 Å². The van der Waals surface area contributed by atoms with Gasteiger partial charge < -0.3 is 24.2 Å². The van der Waals surface area contributed by atoms with E-state index in [2.05, 4.69) is 44.9 Å². The molecule has 0 amide bonds. The highest BCUT2D eigenvalue weighted by Gasteiger charge is 2.82. The van der Waals surface area contributed by atoms with Gasteiger partial charge in [-0.2, -0.15) is 0 Å². The lowest BCUT2D eigenvalue weighted by molar-refractivity contribution is -0.311. The standard InChI is InChI=1S/C27H39NO4/c1-23(2,3)24(4,29)18-15-25-10-11-27(18,31-7)22-26(25)12-13-28(5)19(25)14-16-8-9-17(30-6)21(32-22)20(16)26/h8-9,18-19,22,29H,10-15H2,1-7H3/t18?,19-,22?,24?,25?,26+,27?/m1/s1. The zero-order chi connectivity index (χ0) is 22.9. The summed E-state index contributed by atoms with van der Waals surface area (Å²) < 4.78 is 19.4. The fourth-order valence-electron chi connectivity index (χ4n) is 9.01. The van der Waals surface area contributed by atoms with Crippen LogP contribution in [0.1, 0.15) is 64.5 Å². The highest BCUT2D eigenvalue weighted by molar-refractivity contribution is 5.63. The van der Waals surface area contributed by atoms with Gasteiger partial charge in [-0.1, -0.05) is 26.8 Å². The Balaban J connectivity index is 1.65. The number of methoxy groups -OCH3 is 2. The minimum atomic E-state index is -0.882. The van der Waals surface area contributed by atoms with Crippen LogP contribution < -0.4 is 9.47 Å². The fraction of sp³-hybridized carbons (Fsp3) is 0.778. The van der Waals surface area contributed by atoms with E-state index in [9.17, 15) is 5.11 Å². The van der Waals surface area contributed by atoms with Gasteiger partial charge in [0.1, 0.15) is 11.7 Å². The minimum absolute atomic E-state index is 0.00253. The van der Waals surface area contributed by atoms with Crippen LogP contribution in [0.2, 0.25) is 0 Å². The van der Waals surface area contributed by atoms with Crippen molar-refractivity contribution >= 4 is 0 Å². The molecule has 5 heteroatoms. The molecule has 3 saturated carbocycles. The van der Waals surface area contributed by atoms with Crippen LogP contribution in [-0.4, -0.2) is 61.2 Å². The van der Waals surface area contributed by atoms with Crippen LogP contribution in [0.25, 0.3) is 0 Å². The van der Waals surface area contributed by atoms with Crippen LogP contribution >= 0.6 is 0 Å². The molecule has 1 aromatic carbocycles. The number of aliphatic hydroxyl groups is 1. The number of nitrogens with zero attached hydrogens (tertiary/aromatic N) is 1. The van der Waals surface area contributed by atoms with E-state index < -0.39 is 11.2 Å². The van der Waals surface area contributed by atoms with Gasteiger partial charge in [-0.05, 0) is 69.7 Å².